The number of hydrazine groups is 1. The van der Waals surface area contributed by atoms with Crippen LogP contribution in [0.3, 0.4) is 0 Å². The maximum absolute atomic E-state index is 12.8. The third-order valence-corrected chi connectivity index (χ3v) is 6.26. The van der Waals surface area contributed by atoms with E-state index >= 15 is 0 Å². The summed E-state index contributed by atoms with van der Waals surface area (Å²) in [7, 11) is 1.65. The third-order valence-electron chi connectivity index (χ3n) is 6.26. The molecule has 0 unspecified atom stereocenters. The van der Waals surface area contributed by atoms with Gasteiger partial charge in [0.25, 0.3) is 11.8 Å². The standard InChI is InChI=1S/C21H29N5O4/c1-30-17-7-5-6-16(14-17)25-12-10-24(11-13-25)15-18(27)23-26-19(28)21(22-20(26)29)8-3-2-4-9-21/h5-7,14H,2-4,8-13,15H2,1H3,(H,22,29)(H,23,27). The molecule has 2 N–H and O–H groups in total. The highest BCUT2D eigenvalue weighted by atomic mass is 16.5. The first-order valence-corrected chi connectivity index (χ1v) is 10.6. The third kappa shape index (κ3) is 4.07. The zero-order chi connectivity index (χ0) is 21.1. The fourth-order valence-corrected chi connectivity index (χ4v) is 4.55. The van der Waals surface area contributed by atoms with Gasteiger partial charge in [-0.2, -0.15) is 5.01 Å². The zero-order valence-corrected chi connectivity index (χ0v) is 17.4. The van der Waals surface area contributed by atoms with Crippen molar-refractivity contribution in [2.24, 2.45) is 0 Å². The second-order valence-electron chi connectivity index (χ2n) is 8.21. The Labute approximate surface area is 176 Å². The van der Waals surface area contributed by atoms with Crippen LogP contribution in [0.25, 0.3) is 0 Å². The topological polar surface area (TPSA) is 94.2 Å². The number of amides is 4. The van der Waals surface area contributed by atoms with Gasteiger partial charge in [0.1, 0.15) is 11.3 Å². The number of anilines is 1. The quantitative estimate of drug-likeness (QED) is 0.700. The van der Waals surface area contributed by atoms with E-state index in [2.05, 4.69) is 15.6 Å². The molecule has 3 aliphatic rings. The summed E-state index contributed by atoms with van der Waals surface area (Å²) in [5.41, 5.74) is 2.78. The van der Waals surface area contributed by atoms with E-state index in [4.69, 9.17) is 4.74 Å². The molecule has 1 aliphatic carbocycles. The fourth-order valence-electron chi connectivity index (χ4n) is 4.55. The Morgan fingerprint density at radius 1 is 1.13 bits per heavy atom. The first kappa shape index (κ1) is 20.5. The van der Waals surface area contributed by atoms with Crippen LogP contribution in [0.1, 0.15) is 32.1 Å². The molecule has 30 heavy (non-hydrogen) atoms. The predicted octanol–water partition coefficient (Wildman–Crippen LogP) is 1.10. The van der Waals surface area contributed by atoms with Crippen LogP contribution < -0.4 is 20.4 Å². The second kappa shape index (κ2) is 8.51. The van der Waals surface area contributed by atoms with Gasteiger partial charge in [-0.05, 0) is 25.0 Å². The molecule has 4 rings (SSSR count). The largest absolute Gasteiger partial charge is 0.497 e. The molecule has 0 atom stereocenters. The Kier molecular flexibility index (Phi) is 5.80. The number of hydrogen-bond donors (Lipinski definition) is 2. The summed E-state index contributed by atoms with van der Waals surface area (Å²) in [6, 6.07) is 7.39. The molecule has 1 saturated carbocycles. The number of hydrogen-bond acceptors (Lipinski definition) is 6. The van der Waals surface area contributed by atoms with Gasteiger partial charge in [0.05, 0.1) is 13.7 Å². The minimum Gasteiger partial charge on any atom is -0.497 e. The molecule has 0 bridgehead atoms. The van der Waals surface area contributed by atoms with Crippen LogP contribution in [0, 0.1) is 0 Å². The molecule has 1 spiro atoms. The molecule has 2 heterocycles. The number of imide groups is 1. The smallest absolute Gasteiger partial charge is 0.344 e. The molecular weight excluding hydrogens is 386 g/mol. The second-order valence-corrected chi connectivity index (χ2v) is 8.21. The van der Waals surface area contributed by atoms with Gasteiger partial charge >= 0.3 is 6.03 Å². The highest BCUT2D eigenvalue weighted by molar-refractivity contribution is 6.08. The summed E-state index contributed by atoms with van der Waals surface area (Å²) < 4.78 is 5.29. The van der Waals surface area contributed by atoms with E-state index in [0.717, 1.165) is 48.8 Å². The Hall–Kier alpha value is -2.81. The van der Waals surface area contributed by atoms with E-state index in [-0.39, 0.29) is 18.4 Å². The molecule has 0 radical (unpaired) electrons. The van der Waals surface area contributed by atoms with Crippen molar-refractivity contribution in [3.63, 3.8) is 0 Å². The summed E-state index contributed by atoms with van der Waals surface area (Å²) in [5, 5.41) is 3.68. The summed E-state index contributed by atoms with van der Waals surface area (Å²) in [4.78, 5) is 41.8. The van der Waals surface area contributed by atoms with Crippen molar-refractivity contribution >= 4 is 23.5 Å². The minimum absolute atomic E-state index is 0.149. The van der Waals surface area contributed by atoms with E-state index < -0.39 is 11.6 Å². The van der Waals surface area contributed by atoms with Gasteiger partial charge in [0.2, 0.25) is 0 Å². The highest BCUT2D eigenvalue weighted by Crippen LogP contribution is 2.33. The Morgan fingerprint density at radius 3 is 2.57 bits per heavy atom. The summed E-state index contributed by atoms with van der Waals surface area (Å²) in [5.74, 6) is 0.142. The Bertz CT molecular complexity index is 815. The average molecular weight is 415 g/mol. The van der Waals surface area contributed by atoms with Crippen LogP contribution >= 0.6 is 0 Å². The van der Waals surface area contributed by atoms with Gasteiger partial charge in [0, 0.05) is 37.9 Å². The van der Waals surface area contributed by atoms with Gasteiger partial charge in [0.15, 0.2) is 0 Å². The predicted molar refractivity (Wildman–Crippen MR) is 111 cm³/mol. The first-order valence-electron chi connectivity index (χ1n) is 10.6. The molecule has 1 aromatic carbocycles. The molecule has 2 saturated heterocycles. The first-order chi connectivity index (χ1) is 14.5. The fraction of sp³-hybridized carbons (Fsp3) is 0.571. The number of rotatable bonds is 5. The van der Waals surface area contributed by atoms with Crippen LogP contribution in [0.2, 0.25) is 0 Å². The molecule has 0 aromatic heterocycles. The van der Waals surface area contributed by atoms with Crippen molar-refractivity contribution in [3.8, 4) is 5.75 Å². The van der Waals surface area contributed by atoms with Crippen LogP contribution in [0.5, 0.6) is 5.75 Å². The maximum Gasteiger partial charge on any atom is 0.344 e. The number of nitrogens with zero attached hydrogens (tertiary/aromatic N) is 3. The number of piperazine rings is 1. The molecule has 162 valence electrons. The number of carbonyl (C=O) groups excluding carboxylic acids is 3. The number of benzene rings is 1. The van der Waals surface area contributed by atoms with E-state index in [1.54, 1.807) is 7.11 Å². The number of urea groups is 1. The average Bonchev–Trinajstić information content (AvgIpc) is 2.98. The van der Waals surface area contributed by atoms with Gasteiger partial charge in [-0.1, -0.05) is 25.3 Å². The summed E-state index contributed by atoms with van der Waals surface area (Å²) in [6.07, 6.45) is 4.15. The monoisotopic (exact) mass is 415 g/mol. The van der Waals surface area contributed by atoms with Gasteiger partial charge in [-0.3, -0.25) is 19.9 Å². The van der Waals surface area contributed by atoms with E-state index in [9.17, 15) is 14.4 Å². The lowest BCUT2D eigenvalue weighted by molar-refractivity contribution is -0.140. The zero-order valence-electron chi connectivity index (χ0n) is 17.4. The lowest BCUT2D eigenvalue weighted by Crippen LogP contribution is -2.54. The summed E-state index contributed by atoms with van der Waals surface area (Å²) >= 11 is 0. The van der Waals surface area contributed by atoms with Crippen molar-refractivity contribution in [1.29, 1.82) is 0 Å². The molecule has 4 amide bonds. The van der Waals surface area contributed by atoms with Crippen molar-refractivity contribution in [2.75, 3.05) is 44.7 Å². The van der Waals surface area contributed by atoms with E-state index in [0.29, 0.717) is 25.9 Å². The van der Waals surface area contributed by atoms with Crippen molar-refractivity contribution in [1.82, 2.24) is 20.7 Å². The number of nitrogens with one attached hydrogen (secondary N) is 2. The van der Waals surface area contributed by atoms with Crippen molar-refractivity contribution in [3.05, 3.63) is 24.3 Å². The Morgan fingerprint density at radius 2 is 1.87 bits per heavy atom. The van der Waals surface area contributed by atoms with Gasteiger partial charge in [-0.15, -0.1) is 0 Å². The maximum atomic E-state index is 12.8. The molecule has 9 nitrogen and oxygen atoms in total. The highest BCUT2D eigenvalue weighted by Gasteiger charge is 2.52. The lowest BCUT2D eigenvalue weighted by Gasteiger charge is -2.36. The van der Waals surface area contributed by atoms with Crippen molar-refractivity contribution in [2.45, 2.75) is 37.6 Å². The van der Waals surface area contributed by atoms with Crippen molar-refractivity contribution < 1.29 is 19.1 Å². The van der Waals surface area contributed by atoms with E-state index in [1.807, 2.05) is 29.2 Å². The lowest BCUT2D eigenvalue weighted by atomic mass is 9.82. The number of carbonyl (C=O) groups is 3. The Balaban J connectivity index is 1.28. The molecule has 3 fully saturated rings. The molecule has 1 aromatic rings. The van der Waals surface area contributed by atoms with Crippen LogP contribution in [-0.4, -0.2) is 73.1 Å². The molecular formula is C21H29N5O4. The van der Waals surface area contributed by atoms with Crippen LogP contribution in [0.15, 0.2) is 24.3 Å². The normalized spacial score (nSPS) is 21.6. The summed E-state index contributed by atoms with van der Waals surface area (Å²) in [6.45, 7) is 3.15. The van der Waals surface area contributed by atoms with Crippen LogP contribution in [0.4, 0.5) is 10.5 Å². The molecule has 9 heteroatoms. The minimum atomic E-state index is -0.828. The molecule has 2 aliphatic heterocycles. The number of ether oxygens (including phenoxy) is 1. The van der Waals surface area contributed by atoms with Gasteiger partial charge < -0.3 is 15.0 Å². The SMILES string of the molecule is COc1cccc(N2CCN(CC(=O)NN3C(=O)NC4(CCCCC4)C3=O)CC2)c1. The van der Waals surface area contributed by atoms with Crippen LogP contribution in [-0.2, 0) is 9.59 Å². The van der Waals surface area contributed by atoms with E-state index in [1.165, 1.54) is 0 Å². The van der Waals surface area contributed by atoms with Gasteiger partial charge in [-0.25, -0.2) is 4.79 Å². The number of methoxy groups -OCH3 is 1.